The minimum Gasteiger partial charge on any atom is -0.370 e. The molecule has 2 nitrogen and oxygen atoms in total. The molecule has 0 N–H and O–H groups in total. The highest BCUT2D eigenvalue weighted by atomic mass is 32.2. The van der Waals surface area contributed by atoms with Crippen molar-refractivity contribution < 1.29 is 17.4 Å². The number of anilines is 1. The molecule has 1 aliphatic heterocycles. The number of nitrogens with zero attached hydrogens (tertiary/aromatic N) is 1. The highest BCUT2D eigenvalue weighted by Gasteiger charge is 2.30. The average molecular weight is 263 g/mol. The summed E-state index contributed by atoms with van der Waals surface area (Å²) in [7, 11) is -0.775. The summed E-state index contributed by atoms with van der Waals surface area (Å²) in [5.41, 5.74) is 0.122. The van der Waals surface area contributed by atoms with Crippen LogP contribution in [0.25, 0.3) is 0 Å². The zero-order valence-electron chi connectivity index (χ0n) is 9.04. The van der Waals surface area contributed by atoms with E-state index in [9.17, 15) is 17.4 Å². The van der Waals surface area contributed by atoms with Crippen LogP contribution in [0.2, 0.25) is 0 Å². The molecule has 0 unspecified atom stereocenters. The van der Waals surface area contributed by atoms with Crippen molar-refractivity contribution in [2.24, 2.45) is 0 Å². The monoisotopic (exact) mass is 263 g/mol. The lowest BCUT2D eigenvalue weighted by atomic mass is 10.2. The lowest BCUT2D eigenvalue weighted by molar-refractivity contribution is -0.137. The Morgan fingerprint density at radius 2 is 1.59 bits per heavy atom. The molecular weight excluding hydrogens is 251 g/mol. The molecule has 0 radical (unpaired) electrons. The predicted molar refractivity (Wildman–Crippen MR) is 61.5 cm³/mol. The third kappa shape index (κ3) is 3.00. The van der Waals surface area contributed by atoms with Crippen molar-refractivity contribution in [2.75, 3.05) is 29.5 Å². The molecule has 0 atom stereocenters. The topological polar surface area (TPSA) is 20.3 Å². The van der Waals surface area contributed by atoms with Gasteiger partial charge in [0.15, 0.2) is 0 Å². The van der Waals surface area contributed by atoms with Gasteiger partial charge >= 0.3 is 6.18 Å². The summed E-state index contributed by atoms with van der Waals surface area (Å²) in [5, 5.41) is 0. The molecule has 1 aromatic carbocycles. The van der Waals surface area contributed by atoms with Crippen molar-refractivity contribution in [3.05, 3.63) is 29.8 Å². The van der Waals surface area contributed by atoms with Crippen LogP contribution < -0.4 is 4.90 Å². The van der Waals surface area contributed by atoms with Gasteiger partial charge in [-0.05, 0) is 24.3 Å². The molecule has 1 aromatic rings. The summed E-state index contributed by atoms with van der Waals surface area (Å²) in [6.45, 7) is 1.27. The van der Waals surface area contributed by atoms with Gasteiger partial charge in [-0.3, -0.25) is 4.21 Å². The normalized spacial score (nSPS) is 18.4. The molecule has 0 amide bonds. The van der Waals surface area contributed by atoms with Crippen LogP contribution in [0.3, 0.4) is 0 Å². The molecule has 17 heavy (non-hydrogen) atoms. The van der Waals surface area contributed by atoms with Gasteiger partial charge in [-0.25, -0.2) is 0 Å². The first-order valence-corrected chi connectivity index (χ1v) is 6.73. The van der Waals surface area contributed by atoms with Crippen LogP contribution in [0.15, 0.2) is 24.3 Å². The number of rotatable bonds is 1. The largest absolute Gasteiger partial charge is 0.416 e. The zero-order chi connectivity index (χ0) is 12.5. The Balaban J connectivity index is 2.10. The van der Waals surface area contributed by atoms with Gasteiger partial charge in [0.05, 0.1) is 5.56 Å². The van der Waals surface area contributed by atoms with E-state index in [2.05, 4.69) is 0 Å². The summed E-state index contributed by atoms with van der Waals surface area (Å²) in [4.78, 5) is 1.96. The third-order valence-electron chi connectivity index (χ3n) is 2.74. The fourth-order valence-corrected chi connectivity index (χ4v) is 2.81. The Kier molecular flexibility index (Phi) is 3.42. The van der Waals surface area contributed by atoms with Crippen LogP contribution in [-0.2, 0) is 17.0 Å². The number of halogens is 3. The predicted octanol–water partition coefficient (Wildman–Crippen LogP) is 2.27. The van der Waals surface area contributed by atoms with Gasteiger partial charge < -0.3 is 4.90 Å². The Labute approximate surface area is 99.9 Å². The average Bonchev–Trinajstić information content (AvgIpc) is 2.29. The van der Waals surface area contributed by atoms with E-state index in [0.29, 0.717) is 24.6 Å². The quantitative estimate of drug-likeness (QED) is 0.774. The van der Waals surface area contributed by atoms with Crippen LogP contribution in [0.4, 0.5) is 18.9 Å². The van der Waals surface area contributed by atoms with E-state index in [1.165, 1.54) is 12.1 Å². The smallest absolute Gasteiger partial charge is 0.370 e. The van der Waals surface area contributed by atoms with E-state index in [-0.39, 0.29) is 0 Å². The van der Waals surface area contributed by atoms with Crippen molar-refractivity contribution in [3.63, 3.8) is 0 Å². The van der Waals surface area contributed by atoms with E-state index in [0.717, 1.165) is 17.8 Å². The SMILES string of the molecule is O=S1CCN(c2ccc(C(F)(F)F)cc2)CC1. The Morgan fingerprint density at radius 3 is 2.06 bits per heavy atom. The minimum atomic E-state index is -4.29. The summed E-state index contributed by atoms with van der Waals surface area (Å²) in [6, 6.07) is 5.11. The zero-order valence-corrected chi connectivity index (χ0v) is 9.85. The van der Waals surface area contributed by atoms with Crippen LogP contribution in [0, 0.1) is 0 Å². The first-order chi connectivity index (χ1) is 7.97. The van der Waals surface area contributed by atoms with Gasteiger partial charge in [-0.2, -0.15) is 13.2 Å². The van der Waals surface area contributed by atoms with Crippen molar-refractivity contribution in [1.29, 1.82) is 0 Å². The first-order valence-electron chi connectivity index (χ1n) is 5.24. The fraction of sp³-hybridized carbons (Fsp3) is 0.455. The number of alkyl halides is 3. The van der Waals surface area contributed by atoms with Gasteiger partial charge in [0.25, 0.3) is 0 Å². The molecular formula is C11H12F3NOS. The Hall–Kier alpha value is -1.04. The molecule has 0 spiro atoms. The third-order valence-corrected chi connectivity index (χ3v) is 4.01. The van der Waals surface area contributed by atoms with Crippen LogP contribution >= 0.6 is 0 Å². The van der Waals surface area contributed by atoms with Gasteiger partial charge in [-0.1, -0.05) is 0 Å². The maximum Gasteiger partial charge on any atom is 0.416 e. The maximum atomic E-state index is 12.4. The summed E-state index contributed by atoms with van der Waals surface area (Å²) in [5.74, 6) is 1.17. The Morgan fingerprint density at radius 1 is 1.06 bits per heavy atom. The van der Waals surface area contributed by atoms with Crippen molar-refractivity contribution in [1.82, 2.24) is 0 Å². The molecule has 1 aliphatic rings. The molecule has 0 saturated carbocycles. The van der Waals surface area contributed by atoms with Gasteiger partial charge in [0, 0.05) is 41.1 Å². The standard InChI is InChI=1S/C11H12F3NOS/c12-11(13,14)9-1-3-10(4-2-9)15-5-7-17(16)8-6-15/h1-4H,5-8H2. The highest BCUT2D eigenvalue weighted by molar-refractivity contribution is 7.85. The van der Waals surface area contributed by atoms with E-state index in [1.54, 1.807) is 0 Å². The first kappa shape index (κ1) is 12.4. The number of hydrogen-bond donors (Lipinski definition) is 0. The minimum absolute atomic E-state index is 0.584. The van der Waals surface area contributed by atoms with E-state index >= 15 is 0 Å². The van der Waals surface area contributed by atoms with E-state index in [1.807, 2.05) is 4.90 Å². The molecule has 94 valence electrons. The summed E-state index contributed by atoms with van der Waals surface area (Å²) >= 11 is 0. The second-order valence-electron chi connectivity index (χ2n) is 3.88. The molecule has 2 rings (SSSR count). The molecule has 0 aliphatic carbocycles. The lowest BCUT2D eigenvalue weighted by Crippen LogP contribution is -2.37. The molecule has 1 saturated heterocycles. The highest BCUT2D eigenvalue weighted by Crippen LogP contribution is 2.30. The fourth-order valence-electron chi connectivity index (χ4n) is 1.76. The maximum absolute atomic E-state index is 12.4. The van der Waals surface area contributed by atoms with Crippen molar-refractivity contribution >= 4 is 16.5 Å². The van der Waals surface area contributed by atoms with Gasteiger partial charge in [0.2, 0.25) is 0 Å². The number of benzene rings is 1. The van der Waals surface area contributed by atoms with Gasteiger partial charge in [0.1, 0.15) is 0 Å². The second kappa shape index (κ2) is 4.68. The van der Waals surface area contributed by atoms with E-state index in [4.69, 9.17) is 0 Å². The molecule has 1 heterocycles. The molecule has 1 fully saturated rings. The summed E-state index contributed by atoms with van der Waals surface area (Å²) < 4.78 is 48.2. The second-order valence-corrected chi connectivity index (χ2v) is 5.58. The lowest BCUT2D eigenvalue weighted by Gasteiger charge is -2.28. The molecule has 0 bridgehead atoms. The van der Waals surface area contributed by atoms with Crippen LogP contribution in [0.5, 0.6) is 0 Å². The number of hydrogen-bond acceptors (Lipinski definition) is 2. The van der Waals surface area contributed by atoms with Crippen molar-refractivity contribution in [2.45, 2.75) is 6.18 Å². The molecule has 6 heteroatoms. The van der Waals surface area contributed by atoms with Crippen LogP contribution in [-0.4, -0.2) is 28.8 Å². The molecule has 0 aromatic heterocycles. The van der Waals surface area contributed by atoms with E-state index < -0.39 is 22.5 Å². The summed E-state index contributed by atoms with van der Waals surface area (Å²) in [6.07, 6.45) is -4.29. The Bertz CT molecular complexity index is 406. The van der Waals surface area contributed by atoms with Crippen LogP contribution in [0.1, 0.15) is 5.56 Å². The van der Waals surface area contributed by atoms with Gasteiger partial charge in [-0.15, -0.1) is 0 Å². The van der Waals surface area contributed by atoms with Crippen molar-refractivity contribution in [3.8, 4) is 0 Å².